The fraction of sp³-hybridized carbons (Fsp3) is 0.571. The lowest BCUT2D eigenvalue weighted by atomic mass is 10.0. The molecule has 2 saturated heterocycles. The van der Waals surface area contributed by atoms with E-state index < -0.39 is 5.97 Å². The van der Waals surface area contributed by atoms with Crippen LogP contribution in [0.2, 0.25) is 0 Å². The predicted octanol–water partition coefficient (Wildman–Crippen LogP) is 2.08. The van der Waals surface area contributed by atoms with E-state index in [2.05, 4.69) is 0 Å². The second-order valence-electron chi connectivity index (χ2n) is 5.17. The first-order chi connectivity index (χ1) is 8.60. The maximum Gasteiger partial charge on any atom is 0.281 e. The van der Waals surface area contributed by atoms with Crippen LogP contribution >= 0.6 is 0 Å². The minimum Gasteiger partial charge on any atom is -0.374 e. The topological polar surface area (TPSA) is 36.9 Å². The van der Waals surface area contributed by atoms with Crippen molar-refractivity contribution in [3.8, 4) is 0 Å². The number of hydrogen-bond acceptors (Lipinski definition) is 4. The summed E-state index contributed by atoms with van der Waals surface area (Å²) in [4.78, 5) is 0. The van der Waals surface area contributed by atoms with E-state index in [9.17, 15) is 0 Å². The highest BCUT2D eigenvalue weighted by Crippen LogP contribution is 2.44. The summed E-state index contributed by atoms with van der Waals surface area (Å²) in [5, 5.41) is 0. The van der Waals surface area contributed by atoms with Crippen LogP contribution in [0.25, 0.3) is 0 Å². The molecule has 1 aromatic carbocycles. The van der Waals surface area contributed by atoms with Gasteiger partial charge in [-0.15, -0.1) is 0 Å². The van der Waals surface area contributed by atoms with Crippen molar-refractivity contribution in [1.82, 2.24) is 0 Å². The summed E-state index contributed by atoms with van der Waals surface area (Å²) in [6.45, 7) is 5.47. The van der Waals surface area contributed by atoms with Gasteiger partial charge in [0.15, 0.2) is 0 Å². The van der Waals surface area contributed by atoms with Crippen molar-refractivity contribution < 1.29 is 18.9 Å². The third kappa shape index (κ3) is 2.17. The molecule has 0 aliphatic carbocycles. The molecule has 0 saturated carbocycles. The van der Waals surface area contributed by atoms with Crippen molar-refractivity contribution in [3.05, 3.63) is 35.9 Å². The third-order valence-electron chi connectivity index (χ3n) is 3.46. The molecule has 0 amide bonds. The molecule has 2 bridgehead atoms. The third-order valence-corrected chi connectivity index (χ3v) is 3.46. The smallest absolute Gasteiger partial charge is 0.281 e. The van der Waals surface area contributed by atoms with Gasteiger partial charge >= 0.3 is 0 Å². The summed E-state index contributed by atoms with van der Waals surface area (Å²) in [6, 6.07) is 10.1. The normalized spacial score (nSPS) is 38.2. The molecule has 0 N–H and O–H groups in total. The Morgan fingerprint density at radius 3 is 2.67 bits per heavy atom. The SMILES string of the molecule is C[C@]12OC[C@](C)(O1)[C@@H](COCc1ccccc1)O2. The molecule has 2 heterocycles. The van der Waals surface area contributed by atoms with Crippen molar-refractivity contribution in [3.63, 3.8) is 0 Å². The van der Waals surface area contributed by atoms with Gasteiger partial charge in [0.25, 0.3) is 5.97 Å². The highest BCUT2D eigenvalue weighted by molar-refractivity contribution is 5.13. The molecule has 18 heavy (non-hydrogen) atoms. The largest absolute Gasteiger partial charge is 0.374 e. The van der Waals surface area contributed by atoms with Gasteiger partial charge in [-0.2, -0.15) is 0 Å². The zero-order valence-corrected chi connectivity index (χ0v) is 10.7. The Labute approximate surface area is 107 Å². The molecule has 4 nitrogen and oxygen atoms in total. The van der Waals surface area contributed by atoms with Gasteiger partial charge in [-0.1, -0.05) is 30.3 Å². The van der Waals surface area contributed by atoms with E-state index in [-0.39, 0.29) is 11.7 Å². The van der Waals surface area contributed by atoms with E-state index in [1.807, 2.05) is 37.3 Å². The summed E-state index contributed by atoms with van der Waals surface area (Å²) in [7, 11) is 0. The minimum absolute atomic E-state index is 0.0695. The standard InChI is InChI=1S/C14H18O4/c1-13-10-16-14(2,18-13)17-12(13)9-15-8-11-6-4-3-5-7-11/h3-7,12H,8-10H2,1-2H3/t12-,13+,14-/m1/s1. The second-order valence-corrected chi connectivity index (χ2v) is 5.17. The average molecular weight is 250 g/mol. The van der Waals surface area contributed by atoms with Gasteiger partial charge in [-0.05, 0) is 12.5 Å². The lowest BCUT2D eigenvalue weighted by molar-refractivity contribution is -0.299. The van der Waals surface area contributed by atoms with E-state index >= 15 is 0 Å². The summed E-state index contributed by atoms with van der Waals surface area (Å²) in [6.07, 6.45) is -0.0695. The molecular weight excluding hydrogens is 232 g/mol. The number of ether oxygens (including phenoxy) is 4. The van der Waals surface area contributed by atoms with Gasteiger partial charge in [0, 0.05) is 6.92 Å². The van der Waals surface area contributed by atoms with Crippen LogP contribution in [0.15, 0.2) is 30.3 Å². The van der Waals surface area contributed by atoms with Gasteiger partial charge in [-0.3, -0.25) is 0 Å². The molecule has 3 atom stereocenters. The highest BCUT2D eigenvalue weighted by atomic mass is 16.9. The van der Waals surface area contributed by atoms with Crippen LogP contribution in [0.3, 0.4) is 0 Å². The summed E-state index contributed by atoms with van der Waals surface area (Å²) >= 11 is 0. The summed E-state index contributed by atoms with van der Waals surface area (Å²) in [5.74, 6) is -0.879. The van der Waals surface area contributed by atoms with E-state index in [0.29, 0.717) is 19.8 Å². The molecule has 0 radical (unpaired) electrons. The monoisotopic (exact) mass is 250 g/mol. The zero-order valence-electron chi connectivity index (χ0n) is 10.7. The van der Waals surface area contributed by atoms with Crippen LogP contribution < -0.4 is 0 Å². The Kier molecular flexibility index (Phi) is 2.90. The molecule has 0 unspecified atom stereocenters. The van der Waals surface area contributed by atoms with E-state index in [1.54, 1.807) is 6.92 Å². The molecule has 1 aromatic rings. The van der Waals surface area contributed by atoms with Crippen LogP contribution in [0.1, 0.15) is 19.4 Å². The van der Waals surface area contributed by atoms with Crippen LogP contribution in [-0.2, 0) is 25.6 Å². The summed E-state index contributed by atoms with van der Waals surface area (Å²) < 4.78 is 22.6. The van der Waals surface area contributed by atoms with Gasteiger partial charge in [0.05, 0.1) is 19.8 Å². The first kappa shape index (κ1) is 12.1. The van der Waals surface area contributed by atoms with Gasteiger partial charge in [0.1, 0.15) is 11.7 Å². The fourth-order valence-electron chi connectivity index (χ4n) is 2.43. The molecule has 4 heteroatoms. The van der Waals surface area contributed by atoms with Crippen LogP contribution in [0, 0.1) is 0 Å². The van der Waals surface area contributed by atoms with Crippen LogP contribution in [-0.4, -0.2) is 30.9 Å². The number of hydrogen-bond donors (Lipinski definition) is 0. The van der Waals surface area contributed by atoms with Crippen molar-refractivity contribution >= 4 is 0 Å². The lowest BCUT2D eigenvalue weighted by Gasteiger charge is -2.28. The zero-order chi connectivity index (χ0) is 12.6. The molecule has 98 valence electrons. The first-order valence-electron chi connectivity index (χ1n) is 6.23. The number of fused-ring (bicyclic) bond motifs is 2. The van der Waals surface area contributed by atoms with Gasteiger partial charge < -0.3 is 18.9 Å². The molecule has 0 spiro atoms. The molecule has 2 aliphatic heterocycles. The van der Waals surface area contributed by atoms with E-state index in [4.69, 9.17) is 18.9 Å². The van der Waals surface area contributed by atoms with Crippen molar-refractivity contribution in [2.45, 2.75) is 38.1 Å². The van der Waals surface area contributed by atoms with Crippen LogP contribution in [0.5, 0.6) is 0 Å². The Morgan fingerprint density at radius 2 is 2.06 bits per heavy atom. The Bertz CT molecular complexity index is 421. The molecule has 0 aromatic heterocycles. The predicted molar refractivity (Wildman–Crippen MR) is 64.8 cm³/mol. The molecule has 3 rings (SSSR count). The quantitative estimate of drug-likeness (QED) is 0.820. The first-order valence-corrected chi connectivity index (χ1v) is 6.23. The second kappa shape index (κ2) is 4.31. The van der Waals surface area contributed by atoms with Crippen molar-refractivity contribution in [1.29, 1.82) is 0 Å². The van der Waals surface area contributed by atoms with Crippen LogP contribution in [0.4, 0.5) is 0 Å². The van der Waals surface area contributed by atoms with E-state index in [1.165, 1.54) is 0 Å². The van der Waals surface area contributed by atoms with Gasteiger partial charge in [0.2, 0.25) is 0 Å². The Hall–Kier alpha value is -0.940. The maximum atomic E-state index is 5.74. The van der Waals surface area contributed by atoms with Gasteiger partial charge in [-0.25, -0.2) is 0 Å². The number of benzene rings is 1. The fourth-order valence-corrected chi connectivity index (χ4v) is 2.43. The van der Waals surface area contributed by atoms with E-state index in [0.717, 1.165) is 5.56 Å². The Balaban J connectivity index is 1.53. The highest BCUT2D eigenvalue weighted by Gasteiger charge is 2.59. The lowest BCUT2D eigenvalue weighted by Crippen LogP contribution is -2.44. The van der Waals surface area contributed by atoms with Crippen molar-refractivity contribution in [2.24, 2.45) is 0 Å². The number of rotatable bonds is 4. The Morgan fingerprint density at radius 1 is 1.28 bits per heavy atom. The molecule has 2 fully saturated rings. The van der Waals surface area contributed by atoms with Crippen molar-refractivity contribution in [2.75, 3.05) is 13.2 Å². The summed E-state index contributed by atoms with van der Waals surface area (Å²) in [5.41, 5.74) is 0.778. The average Bonchev–Trinajstić information content (AvgIpc) is 2.79. The molecule has 2 aliphatic rings. The molecular formula is C14H18O4. The maximum absolute atomic E-state index is 5.74. The minimum atomic E-state index is -0.879.